The summed E-state index contributed by atoms with van der Waals surface area (Å²) in [4.78, 5) is 19.4. The third kappa shape index (κ3) is 5.10. The van der Waals surface area contributed by atoms with Crippen molar-refractivity contribution < 1.29 is 27.4 Å². The van der Waals surface area contributed by atoms with Crippen molar-refractivity contribution in [2.24, 2.45) is 0 Å². The molecule has 3 rings (SSSR count). The van der Waals surface area contributed by atoms with Crippen molar-refractivity contribution >= 4 is 22.1 Å². The van der Waals surface area contributed by atoms with Gasteiger partial charge in [-0.15, -0.1) is 0 Å². The lowest BCUT2D eigenvalue weighted by atomic mass is 10.2. The zero-order valence-corrected chi connectivity index (χ0v) is 18.4. The summed E-state index contributed by atoms with van der Waals surface area (Å²) in [7, 11) is -0.0985. The Balaban J connectivity index is 1.96. The monoisotopic (exact) mass is 459 g/mol. The van der Waals surface area contributed by atoms with Crippen molar-refractivity contribution in [3.05, 3.63) is 60.3 Å². The number of nitrogens with one attached hydrogen (secondary N) is 1. The highest BCUT2D eigenvalue weighted by Crippen LogP contribution is 2.36. The molecule has 3 aromatic rings. The minimum Gasteiger partial charge on any atom is -0.493 e. The summed E-state index contributed by atoms with van der Waals surface area (Å²) in [6.45, 7) is -0.0704. The van der Waals surface area contributed by atoms with Crippen LogP contribution in [0.15, 0.2) is 54.1 Å². The number of ether oxygens (including phenoxy) is 3. The molecule has 2 heterocycles. The van der Waals surface area contributed by atoms with Crippen LogP contribution >= 0.6 is 0 Å². The molecule has 0 aliphatic carbocycles. The zero-order chi connectivity index (χ0) is 23.1. The molecule has 0 fully saturated rings. The lowest BCUT2D eigenvalue weighted by Crippen LogP contribution is -2.25. The molecule has 0 atom stereocenters. The topological polar surface area (TPSA) is 135 Å². The van der Waals surface area contributed by atoms with E-state index in [-0.39, 0.29) is 22.9 Å². The van der Waals surface area contributed by atoms with Gasteiger partial charge in [0, 0.05) is 24.4 Å². The van der Waals surface area contributed by atoms with Crippen LogP contribution in [0.3, 0.4) is 0 Å². The molecule has 2 aromatic heterocycles. The normalized spacial score (nSPS) is 11.5. The van der Waals surface area contributed by atoms with Crippen molar-refractivity contribution in [2.45, 2.75) is 11.4 Å². The molecule has 0 unspecified atom stereocenters. The smallest absolute Gasteiger partial charge is 0.330 e. The fourth-order valence-electron chi connectivity index (χ4n) is 2.82. The first-order chi connectivity index (χ1) is 15.4. The standard InChI is InChI=1S/C20H21N5O6S/c1-29-16-9-14(6-7-18(26)30-2)10-17(19(16)31-3)32(27,28)24-11-15-5-4-8-22-20(15)25-13-21-12-23-25/h4-10,12-13,24H,11H2,1-3H3/b7-6+. The summed E-state index contributed by atoms with van der Waals surface area (Å²) in [6.07, 6.45) is 6.97. The quantitative estimate of drug-likeness (QED) is 0.371. The number of hydrogen-bond donors (Lipinski definition) is 1. The van der Waals surface area contributed by atoms with Gasteiger partial charge in [0.25, 0.3) is 0 Å². The first-order valence-electron chi connectivity index (χ1n) is 9.20. The van der Waals surface area contributed by atoms with Gasteiger partial charge in [0.1, 0.15) is 17.6 Å². The molecule has 0 amide bonds. The van der Waals surface area contributed by atoms with Gasteiger partial charge in [0.15, 0.2) is 17.3 Å². The van der Waals surface area contributed by atoms with Crippen LogP contribution in [0, 0.1) is 0 Å². The summed E-state index contributed by atoms with van der Waals surface area (Å²) in [5, 5.41) is 4.04. The SMILES string of the molecule is COC(=O)/C=C/c1cc(OC)c(OC)c(S(=O)(=O)NCc2cccnc2-n2cncn2)c1. The predicted molar refractivity (Wildman–Crippen MR) is 114 cm³/mol. The van der Waals surface area contributed by atoms with Crippen molar-refractivity contribution in [1.29, 1.82) is 0 Å². The van der Waals surface area contributed by atoms with Crippen LogP contribution in [0.4, 0.5) is 0 Å². The Morgan fingerprint density at radius 1 is 1.22 bits per heavy atom. The molecule has 0 spiro atoms. The Morgan fingerprint density at radius 3 is 2.69 bits per heavy atom. The molecule has 0 radical (unpaired) electrons. The van der Waals surface area contributed by atoms with Crippen LogP contribution in [-0.4, -0.2) is 55.5 Å². The van der Waals surface area contributed by atoms with Gasteiger partial charge < -0.3 is 14.2 Å². The molecular weight excluding hydrogens is 438 g/mol. The number of hydrogen-bond acceptors (Lipinski definition) is 9. The van der Waals surface area contributed by atoms with E-state index < -0.39 is 16.0 Å². The van der Waals surface area contributed by atoms with Gasteiger partial charge in [-0.25, -0.2) is 32.6 Å². The van der Waals surface area contributed by atoms with Crippen LogP contribution in [0.1, 0.15) is 11.1 Å². The molecule has 168 valence electrons. The van der Waals surface area contributed by atoms with E-state index >= 15 is 0 Å². The van der Waals surface area contributed by atoms with Crippen LogP contribution in [0.5, 0.6) is 11.5 Å². The largest absolute Gasteiger partial charge is 0.493 e. The minimum atomic E-state index is -4.06. The van der Waals surface area contributed by atoms with E-state index in [1.807, 2.05) is 0 Å². The summed E-state index contributed by atoms with van der Waals surface area (Å²) in [6, 6.07) is 6.32. The fraction of sp³-hybridized carbons (Fsp3) is 0.200. The molecular formula is C20H21N5O6S. The lowest BCUT2D eigenvalue weighted by molar-refractivity contribution is -0.134. The van der Waals surface area contributed by atoms with Gasteiger partial charge in [0.05, 0.1) is 21.3 Å². The second-order valence-corrected chi connectivity index (χ2v) is 8.00. The zero-order valence-electron chi connectivity index (χ0n) is 17.5. The number of nitrogens with zero attached hydrogens (tertiary/aromatic N) is 4. The number of carbonyl (C=O) groups excluding carboxylic acids is 1. The summed E-state index contributed by atoms with van der Waals surface area (Å²) in [5.41, 5.74) is 0.979. The Bertz CT molecular complexity index is 1230. The maximum absolute atomic E-state index is 13.2. The maximum atomic E-state index is 13.2. The van der Waals surface area contributed by atoms with E-state index in [0.29, 0.717) is 16.9 Å². The first kappa shape index (κ1) is 22.9. The molecule has 12 heteroatoms. The minimum absolute atomic E-state index is 0.0258. The number of benzene rings is 1. The van der Waals surface area contributed by atoms with Gasteiger partial charge in [-0.05, 0) is 29.8 Å². The van der Waals surface area contributed by atoms with Crippen molar-refractivity contribution in [3.8, 4) is 17.3 Å². The average molecular weight is 459 g/mol. The van der Waals surface area contributed by atoms with Gasteiger partial charge in [-0.1, -0.05) is 6.07 Å². The molecule has 11 nitrogen and oxygen atoms in total. The highest BCUT2D eigenvalue weighted by atomic mass is 32.2. The summed E-state index contributed by atoms with van der Waals surface area (Å²) >= 11 is 0. The number of carbonyl (C=O) groups is 1. The lowest BCUT2D eigenvalue weighted by Gasteiger charge is -2.15. The van der Waals surface area contributed by atoms with Crippen molar-refractivity contribution in [2.75, 3.05) is 21.3 Å². The number of methoxy groups -OCH3 is 3. The van der Waals surface area contributed by atoms with Crippen molar-refractivity contribution in [1.82, 2.24) is 24.5 Å². The van der Waals surface area contributed by atoms with Gasteiger partial charge >= 0.3 is 5.97 Å². The Labute approximate surface area is 184 Å². The predicted octanol–water partition coefficient (Wildman–Crippen LogP) is 1.34. The first-order valence-corrected chi connectivity index (χ1v) is 10.7. The third-order valence-electron chi connectivity index (χ3n) is 4.33. The molecule has 0 aliphatic heterocycles. The number of pyridine rings is 1. The van der Waals surface area contributed by atoms with E-state index in [2.05, 4.69) is 24.5 Å². The molecule has 0 aliphatic rings. The van der Waals surface area contributed by atoms with Crippen LogP contribution in [0.25, 0.3) is 11.9 Å². The van der Waals surface area contributed by atoms with Crippen LogP contribution < -0.4 is 14.2 Å². The second-order valence-electron chi connectivity index (χ2n) is 6.26. The second kappa shape index (κ2) is 10.0. The van der Waals surface area contributed by atoms with E-state index in [4.69, 9.17) is 9.47 Å². The molecule has 0 saturated carbocycles. The van der Waals surface area contributed by atoms with Crippen LogP contribution in [-0.2, 0) is 26.1 Å². The Hall–Kier alpha value is -3.77. The Kier molecular flexibility index (Phi) is 7.18. The van der Waals surface area contributed by atoms with Gasteiger partial charge in [0.2, 0.25) is 10.0 Å². The Morgan fingerprint density at radius 2 is 2.03 bits per heavy atom. The van der Waals surface area contributed by atoms with E-state index in [1.54, 1.807) is 24.4 Å². The van der Waals surface area contributed by atoms with E-state index in [1.165, 1.54) is 56.9 Å². The number of rotatable bonds is 9. The average Bonchev–Trinajstić information content (AvgIpc) is 3.35. The number of esters is 1. The molecule has 1 N–H and O–H groups in total. The molecule has 0 saturated heterocycles. The molecule has 32 heavy (non-hydrogen) atoms. The summed E-state index contributed by atoms with van der Waals surface area (Å²) < 4.78 is 45.5. The highest BCUT2D eigenvalue weighted by molar-refractivity contribution is 7.89. The maximum Gasteiger partial charge on any atom is 0.330 e. The van der Waals surface area contributed by atoms with E-state index in [9.17, 15) is 13.2 Å². The third-order valence-corrected chi connectivity index (χ3v) is 5.73. The number of sulfonamides is 1. The summed E-state index contributed by atoms with van der Waals surface area (Å²) in [5.74, 6) is 0.0639. The van der Waals surface area contributed by atoms with Crippen LogP contribution in [0.2, 0.25) is 0 Å². The van der Waals surface area contributed by atoms with Gasteiger partial charge in [-0.3, -0.25) is 0 Å². The molecule has 1 aromatic carbocycles. The highest BCUT2D eigenvalue weighted by Gasteiger charge is 2.24. The molecule has 0 bridgehead atoms. The van der Waals surface area contributed by atoms with Gasteiger partial charge in [-0.2, -0.15) is 5.10 Å². The van der Waals surface area contributed by atoms with Crippen molar-refractivity contribution in [3.63, 3.8) is 0 Å². The number of aromatic nitrogens is 4. The fourth-order valence-corrected chi connectivity index (χ4v) is 4.04. The van der Waals surface area contributed by atoms with E-state index in [0.717, 1.165) is 0 Å².